The summed E-state index contributed by atoms with van der Waals surface area (Å²) in [6, 6.07) is 4.49. The summed E-state index contributed by atoms with van der Waals surface area (Å²) in [6.45, 7) is 2.15. The Balaban J connectivity index is 1.98. The summed E-state index contributed by atoms with van der Waals surface area (Å²) < 4.78 is 27.8. The standard InChI is InChI=1S/C13H13N3O4S/c1-8-12(20-7-15-8)13(17)16-5-4-9-6-10(21(14,18)19)2-3-11(9)16/h2-3,6-7H,4-5H2,1H3,(H2,14,18,19). The molecule has 1 aromatic carbocycles. The maximum Gasteiger partial charge on any atom is 0.295 e. The molecule has 2 N–H and O–H groups in total. The Bertz CT molecular complexity index is 826. The van der Waals surface area contributed by atoms with Crippen LogP contribution in [0.15, 0.2) is 33.9 Å². The Labute approximate surface area is 121 Å². The average Bonchev–Trinajstić information content (AvgIpc) is 3.02. The highest BCUT2D eigenvalue weighted by molar-refractivity contribution is 7.89. The van der Waals surface area contributed by atoms with Gasteiger partial charge in [-0.2, -0.15) is 0 Å². The van der Waals surface area contributed by atoms with E-state index >= 15 is 0 Å². The molecule has 0 radical (unpaired) electrons. The predicted molar refractivity (Wildman–Crippen MR) is 74.4 cm³/mol. The van der Waals surface area contributed by atoms with E-state index < -0.39 is 10.0 Å². The average molecular weight is 307 g/mol. The number of anilines is 1. The lowest BCUT2D eigenvalue weighted by molar-refractivity contribution is 0.0962. The topological polar surface area (TPSA) is 106 Å². The molecule has 0 saturated carbocycles. The first-order valence-corrected chi connectivity index (χ1v) is 7.80. The molecule has 21 heavy (non-hydrogen) atoms. The van der Waals surface area contributed by atoms with E-state index in [2.05, 4.69) is 4.98 Å². The molecule has 0 saturated heterocycles. The van der Waals surface area contributed by atoms with Crippen LogP contribution in [0.5, 0.6) is 0 Å². The van der Waals surface area contributed by atoms with Crippen molar-refractivity contribution in [1.82, 2.24) is 4.98 Å². The number of primary sulfonamides is 1. The van der Waals surface area contributed by atoms with Crippen molar-refractivity contribution in [2.75, 3.05) is 11.4 Å². The second kappa shape index (κ2) is 4.68. The fourth-order valence-corrected chi connectivity index (χ4v) is 2.96. The Morgan fingerprint density at radius 2 is 2.19 bits per heavy atom. The van der Waals surface area contributed by atoms with Gasteiger partial charge in [0.15, 0.2) is 6.39 Å². The third-order valence-corrected chi connectivity index (χ3v) is 4.37. The molecule has 1 aromatic heterocycles. The molecule has 3 rings (SSSR count). The molecule has 2 heterocycles. The van der Waals surface area contributed by atoms with Gasteiger partial charge < -0.3 is 9.32 Å². The number of nitrogens with two attached hydrogens (primary N) is 1. The van der Waals surface area contributed by atoms with Crippen LogP contribution in [0.1, 0.15) is 21.8 Å². The third-order valence-electron chi connectivity index (χ3n) is 3.46. The number of aromatic nitrogens is 1. The molecule has 0 bridgehead atoms. The molecule has 0 aliphatic carbocycles. The number of fused-ring (bicyclic) bond motifs is 1. The van der Waals surface area contributed by atoms with Crippen LogP contribution < -0.4 is 10.0 Å². The lowest BCUT2D eigenvalue weighted by Gasteiger charge is -2.16. The number of benzene rings is 1. The zero-order valence-corrected chi connectivity index (χ0v) is 12.1. The smallest absolute Gasteiger partial charge is 0.295 e. The van der Waals surface area contributed by atoms with Crippen molar-refractivity contribution in [1.29, 1.82) is 0 Å². The largest absolute Gasteiger partial charge is 0.438 e. The lowest BCUT2D eigenvalue weighted by atomic mass is 10.2. The van der Waals surface area contributed by atoms with Gasteiger partial charge in [0.2, 0.25) is 15.8 Å². The van der Waals surface area contributed by atoms with E-state index in [0.29, 0.717) is 24.3 Å². The van der Waals surface area contributed by atoms with Crippen molar-refractivity contribution in [3.63, 3.8) is 0 Å². The minimum atomic E-state index is -3.74. The molecular weight excluding hydrogens is 294 g/mol. The van der Waals surface area contributed by atoms with Gasteiger partial charge in [0.1, 0.15) is 0 Å². The second-order valence-electron chi connectivity index (χ2n) is 4.81. The van der Waals surface area contributed by atoms with E-state index in [-0.39, 0.29) is 16.6 Å². The number of carbonyl (C=O) groups is 1. The number of oxazole rings is 1. The van der Waals surface area contributed by atoms with Crippen LogP contribution in [0.3, 0.4) is 0 Å². The lowest BCUT2D eigenvalue weighted by Crippen LogP contribution is -2.29. The minimum absolute atomic E-state index is 0.0476. The molecular formula is C13H13N3O4S. The van der Waals surface area contributed by atoms with Gasteiger partial charge in [0.25, 0.3) is 5.91 Å². The van der Waals surface area contributed by atoms with Gasteiger partial charge in [-0.05, 0) is 37.1 Å². The minimum Gasteiger partial charge on any atom is -0.438 e. The number of hydrogen-bond donors (Lipinski definition) is 1. The Morgan fingerprint density at radius 3 is 2.81 bits per heavy atom. The van der Waals surface area contributed by atoms with Crippen molar-refractivity contribution in [3.05, 3.63) is 41.6 Å². The number of amides is 1. The molecule has 110 valence electrons. The molecule has 0 spiro atoms. The molecule has 0 atom stereocenters. The van der Waals surface area contributed by atoms with Gasteiger partial charge in [-0.25, -0.2) is 18.5 Å². The van der Waals surface area contributed by atoms with Crippen LogP contribution in [0, 0.1) is 6.92 Å². The summed E-state index contributed by atoms with van der Waals surface area (Å²) in [6.07, 6.45) is 1.79. The maximum atomic E-state index is 12.4. The van der Waals surface area contributed by atoms with Gasteiger partial charge in [-0.15, -0.1) is 0 Å². The highest BCUT2D eigenvalue weighted by Gasteiger charge is 2.29. The molecule has 1 aliphatic heterocycles. The van der Waals surface area contributed by atoms with Crippen LogP contribution in [0.2, 0.25) is 0 Å². The maximum absolute atomic E-state index is 12.4. The molecule has 1 aliphatic rings. The Morgan fingerprint density at radius 1 is 1.43 bits per heavy atom. The molecule has 2 aromatic rings. The van der Waals surface area contributed by atoms with Crippen molar-refractivity contribution in [2.24, 2.45) is 5.14 Å². The van der Waals surface area contributed by atoms with Gasteiger partial charge in [-0.3, -0.25) is 4.79 Å². The first-order valence-electron chi connectivity index (χ1n) is 6.25. The quantitative estimate of drug-likeness (QED) is 0.884. The first-order chi connectivity index (χ1) is 9.88. The monoisotopic (exact) mass is 307 g/mol. The number of carbonyl (C=O) groups excluding carboxylic acids is 1. The van der Waals surface area contributed by atoms with Crippen molar-refractivity contribution >= 4 is 21.6 Å². The fraction of sp³-hybridized carbons (Fsp3) is 0.231. The molecule has 8 heteroatoms. The summed E-state index contributed by atoms with van der Waals surface area (Å²) >= 11 is 0. The van der Waals surface area contributed by atoms with Crippen LogP contribution in [-0.2, 0) is 16.4 Å². The number of aryl methyl sites for hydroxylation is 1. The van der Waals surface area contributed by atoms with Gasteiger partial charge in [0.05, 0.1) is 10.6 Å². The summed E-state index contributed by atoms with van der Waals surface area (Å²) in [7, 11) is -3.74. The van der Waals surface area contributed by atoms with Crippen molar-refractivity contribution < 1.29 is 17.6 Å². The summed E-state index contributed by atoms with van der Waals surface area (Å²) in [4.78, 5) is 17.9. The zero-order chi connectivity index (χ0) is 15.2. The fourth-order valence-electron chi connectivity index (χ4n) is 2.40. The zero-order valence-electron chi connectivity index (χ0n) is 11.2. The molecule has 0 fully saturated rings. The van der Waals surface area contributed by atoms with Crippen LogP contribution in [0.4, 0.5) is 5.69 Å². The van der Waals surface area contributed by atoms with Crippen molar-refractivity contribution in [2.45, 2.75) is 18.2 Å². The van der Waals surface area contributed by atoms with Crippen LogP contribution in [-0.4, -0.2) is 25.9 Å². The van der Waals surface area contributed by atoms with Crippen molar-refractivity contribution in [3.8, 4) is 0 Å². The summed E-state index contributed by atoms with van der Waals surface area (Å²) in [5.41, 5.74) is 1.96. The van der Waals surface area contributed by atoms with E-state index in [9.17, 15) is 13.2 Å². The normalized spacial score (nSPS) is 14.3. The van der Waals surface area contributed by atoms with E-state index in [1.165, 1.54) is 18.5 Å². The SMILES string of the molecule is Cc1ncoc1C(=O)N1CCc2cc(S(N)(=O)=O)ccc21. The highest BCUT2D eigenvalue weighted by atomic mass is 32.2. The van der Waals surface area contributed by atoms with E-state index in [1.807, 2.05) is 0 Å². The number of sulfonamides is 1. The van der Waals surface area contributed by atoms with E-state index in [1.54, 1.807) is 17.9 Å². The number of nitrogens with zero attached hydrogens (tertiary/aromatic N) is 2. The van der Waals surface area contributed by atoms with Gasteiger partial charge >= 0.3 is 0 Å². The summed E-state index contributed by atoms with van der Waals surface area (Å²) in [5, 5.41) is 5.11. The van der Waals surface area contributed by atoms with Gasteiger partial charge in [-0.1, -0.05) is 0 Å². The number of rotatable bonds is 2. The first kappa shape index (κ1) is 13.8. The molecule has 1 amide bonds. The summed E-state index contributed by atoms with van der Waals surface area (Å²) in [5.74, 6) is -0.0921. The van der Waals surface area contributed by atoms with Crippen LogP contribution in [0.25, 0.3) is 0 Å². The van der Waals surface area contributed by atoms with Crippen LogP contribution >= 0.6 is 0 Å². The molecule has 0 unspecified atom stereocenters. The molecule has 7 nitrogen and oxygen atoms in total. The van der Waals surface area contributed by atoms with Gasteiger partial charge in [0, 0.05) is 12.2 Å². The Hall–Kier alpha value is -2.19. The van der Waals surface area contributed by atoms with E-state index in [4.69, 9.17) is 9.56 Å². The number of hydrogen-bond acceptors (Lipinski definition) is 5. The predicted octanol–water partition coefficient (Wildman–Crippen LogP) is 0.833. The third kappa shape index (κ3) is 2.32. The van der Waals surface area contributed by atoms with E-state index in [0.717, 1.165) is 5.56 Å². The highest BCUT2D eigenvalue weighted by Crippen LogP contribution is 2.31. The second-order valence-corrected chi connectivity index (χ2v) is 6.37. The Kier molecular flexibility index (Phi) is 3.07.